The quantitative estimate of drug-likeness (QED) is 0.337. The molecule has 0 atom stereocenters. The number of hydrogen-bond donors (Lipinski definition) is 0. The standard InChI is InChI=1S/C23H23N3O2S/c1-4-26-21(12-17-8-6-5-7-9-17)24-25-23(26)29-14-18-13-22(27)28-20-11-16(3)15(2)10-19(18)20/h5-11,13H,4,12,14H2,1-3H3. The van der Waals surface area contributed by atoms with Gasteiger partial charge in [-0.15, -0.1) is 10.2 Å². The molecule has 0 saturated carbocycles. The molecule has 148 valence electrons. The topological polar surface area (TPSA) is 60.9 Å². The summed E-state index contributed by atoms with van der Waals surface area (Å²) in [4.78, 5) is 12.0. The van der Waals surface area contributed by atoms with Crippen LogP contribution in [0.15, 0.2) is 62.9 Å². The molecule has 5 nitrogen and oxygen atoms in total. The minimum absolute atomic E-state index is 0.321. The van der Waals surface area contributed by atoms with Crippen LogP contribution in [-0.4, -0.2) is 14.8 Å². The van der Waals surface area contributed by atoms with E-state index in [0.29, 0.717) is 11.3 Å². The van der Waals surface area contributed by atoms with Gasteiger partial charge in [0.05, 0.1) is 0 Å². The first kappa shape index (κ1) is 19.5. The van der Waals surface area contributed by atoms with Gasteiger partial charge in [-0.25, -0.2) is 4.79 Å². The molecule has 6 heteroatoms. The molecule has 0 unspecified atom stereocenters. The summed E-state index contributed by atoms with van der Waals surface area (Å²) in [7, 11) is 0. The molecule has 4 rings (SSSR count). The average Bonchev–Trinajstić information content (AvgIpc) is 3.09. The second-order valence-electron chi connectivity index (χ2n) is 7.12. The molecule has 0 radical (unpaired) electrons. The fraction of sp³-hybridized carbons (Fsp3) is 0.261. The Morgan fingerprint density at radius 2 is 1.79 bits per heavy atom. The predicted molar refractivity (Wildman–Crippen MR) is 116 cm³/mol. The Balaban J connectivity index is 1.61. The van der Waals surface area contributed by atoms with Gasteiger partial charge in [0, 0.05) is 30.2 Å². The van der Waals surface area contributed by atoms with Crippen LogP contribution in [0.25, 0.3) is 11.0 Å². The molecule has 0 aliphatic rings. The summed E-state index contributed by atoms with van der Waals surface area (Å²) in [5.41, 5.74) is 4.78. The average molecular weight is 406 g/mol. The summed E-state index contributed by atoms with van der Waals surface area (Å²) < 4.78 is 7.55. The molecule has 0 amide bonds. The van der Waals surface area contributed by atoms with Crippen molar-refractivity contribution in [2.45, 2.75) is 44.6 Å². The lowest BCUT2D eigenvalue weighted by molar-refractivity contribution is 0.559. The highest BCUT2D eigenvalue weighted by Crippen LogP contribution is 2.28. The third-order valence-electron chi connectivity index (χ3n) is 5.12. The van der Waals surface area contributed by atoms with E-state index in [9.17, 15) is 4.79 Å². The van der Waals surface area contributed by atoms with Gasteiger partial charge in [-0.1, -0.05) is 42.1 Å². The number of thioether (sulfide) groups is 1. The van der Waals surface area contributed by atoms with Crippen molar-refractivity contribution >= 4 is 22.7 Å². The number of aromatic nitrogens is 3. The number of hydrogen-bond acceptors (Lipinski definition) is 5. The molecule has 29 heavy (non-hydrogen) atoms. The van der Waals surface area contributed by atoms with Crippen molar-refractivity contribution in [3.63, 3.8) is 0 Å². The summed E-state index contributed by atoms with van der Waals surface area (Å²) >= 11 is 1.60. The van der Waals surface area contributed by atoms with Crippen molar-refractivity contribution in [2.24, 2.45) is 0 Å². The Hall–Kier alpha value is -2.86. The van der Waals surface area contributed by atoms with E-state index in [1.165, 1.54) is 11.1 Å². The predicted octanol–water partition coefficient (Wildman–Crippen LogP) is 4.90. The molecule has 2 aromatic heterocycles. The van der Waals surface area contributed by atoms with E-state index in [1.54, 1.807) is 17.8 Å². The van der Waals surface area contributed by atoms with Crippen LogP contribution in [0.2, 0.25) is 0 Å². The van der Waals surface area contributed by atoms with Gasteiger partial charge in [0.1, 0.15) is 11.4 Å². The van der Waals surface area contributed by atoms with E-state index in [2.05, 4.69) is 46.8 Å². The normalized spacial score (nSPS) is 11.3. The first-order chi connectivity index (χ1) is 14.0. The van der Waals surface area contributed by atoms with Gasteiger partial charge < -0.3 is 8.98 Å². The molecule has 0 bridgehead atoms. The summed E-state index contributed by atoms with van der Waals surface area (Å²) in [5, 5.41) is 10.7. The highest BCUT2D eigenvalue weighted by atomic mass is 32.2. The Morgan fingerprint density at radius 3 is 2.55 bits per heavy atom. The lowest BCUT2D eigenvalue weighted by atomic mass is 10.0. The fourth-order valence-corrected chi connectivity index (χ4v) is 4.41. The van der Waals surface area contributed by atoms with E-state index >= 15 is 0 Å². The van der Waals surface area contributed by atoms with Gasteiger partial charge in [0.15, 0.2) is 5.16 Å². The molecule has 2 heterocycles. The third-order valence-corrected chi connectivity index (χ3v) is 6.13. The van der Waals surface area contributed by atoms with Gasteiger partial charge in [0.25, 0.3) is 0 Å². The zero-order valence-corrected chi connectivity index (χ0v) is 17.6. The lowest BCUT2D eigenvalue weighted by Crippen LogP contribution is -2.05. The second-order valence-corrected chi connectivity index (χ2v) is 8.06. The zero-order chi connectivity index (χ0) is 20.4. The van der Waals surface area contributed by atoms with Crippen molar-refractivity contribution in [2.75, 3.05) is 0 Å². The largest absolute Gasteiger partial charge is 0.423 e. The molecule has 0 spiro atoms. The van der Waals surface area contributed by atoms with Crippen molar-refractivity contribution in [1.82, 2.24) is 14.8 Å². The number of nitrogens with zero attached hydrogens (tertiary/aromatic N) is 3. The van der Waals surface area contributed by atoms with Crippen LogP contribution in [0.3, 0.4) is 0 Å². The lowest BCUT2D eigenvalue weighted by Gasteiger charge is -2.09. The first-order valence-corrected chi connectivity index (χ1v) is 10.7. The number of rotatable bonds is 6. The molecule has 0 fully saturated rings. The molecule has 2 aromatic carbocycles. The summed E-state index contributed by atoms with van der Waals surface area (Å²) in [5.74, 6) is 1.58. The third kappa shape index (κ3) is 4.12. The Morgan fingerprint density at radius 1 is 1.03 bits per heavy atom. The maximum Gasteiger partial charge on any atom is 0.336 e. The second kappa shape index (κ2) is 8.25. The van der Waals surface area contributed by atoms with E-state index in [1.807, 2.05) is 31.2 Å². The Labute approximate surface area is 173 Å². The molecular formula is C23H23N3O2S. The SMILES string of the molecule is CCn1c(Cc2ccccc2)nnc1SCc1cc(=O)oc2cc(C)c(C)cc12. The van der Waals surface area contributed by atoms with Gasteiger partial charge in [-0.3, -0.25) is 0 Å². The monoisotopic (exact) mass is 405 g/mol. The molecule has 0 saturated heterocycles. The van der Waals surface area contributed by atoms with E-state index in [-0.39, 0.29) is 5.63 Å². The van der Waals surface area contributed by atoms with Crippen molar-refractivity contribution in [3.8, 4) is 0 Å². The fourth-order valence-electron chi connectivity index (χ4n) is 3.40. The van der Waals surface area contributed by atoms with Crippen LogP contribution < -0.4 is 5.63 Å². The molecule has 0 N–H and O–H groups in total. The minimum Gasteiger partial charge on any atom is -0.423 e. The molecule has 0 aliphatic heterocycles. The van der Waals surface area contributed by atoms with E-state index in [0.717, 1.165) is 40.5 Å². The van der Waals surface area contributed by atoms with Crippen molar-refractivity contribution < 1.29 is 4.42 Å². The van der Waals surface area contributed by atoms with Crippen LogP contribution in [-0.2, 0) is 18.7 Å². The van der Waals surface area contributed by atoms with Crippen LogP contribution >= 0.6 is 11.8 Å². The summed E-state index contributed by atoms with van der Waals surface area (Å²) in [6.45, 7) is 6.99. The first-order valence-electron chi connectivity index (χ1n) is 9.68. The highest BCUT2D eigenvalue weighted by molar-refractivity contribution is 7.98. The van der Waals surface area contributed by atoms with E-state index in [4.69, 9.17) is 4.42 Å². The molecule has 4 aromatic rings. The highest BCUT2D eigenvalue weighted by Gasteiger charge is 2.14. The van der Waals surface area contributed by atoms with Gasteiger partial charge in [0.2, 0.25) is 0 Å². The summed E-state index contributed by atoms with van der Waals surface area (Å²) in [6, 6.07) is 15.9. The number of fused-ring (bicyclic) bond motifs is 1. The summed E-state index contributed by atoms with van der Waals surface area (Å²) in [6.07, 6.45) is 0.749. The Kier molecular flexibility index (Phi) is 5.53. The maximum absolute atomic E-state index is 12.0. The van der Waals surface area contributed by atoms with Gasteiger partial charge in [-0.2, -0.15) is 0 Å². The van der Waals surface area contributed by atoms with Crippen LogP contribution in [0.5, 0.6) is 0 Å². The van der Waals surface area contributed by atoms with Crippen molar-refractivity contribution in [1.29, 1.82) is 0 Å². The van der Waals surface area contributed by atoms with Crippen LogP contribution in [0, 0.1) is 13.8 Å². The van der Waals surface area contributed by atoms with Crippen molar-refractivity contribution in [3.05, 3.63) is 87.0 Å². The minimum atomic E-state index is -0.321. The zero-order valence-electron chi connectivity index (χ0n) is 16.8. The van der Waals surface area contributed by atoms with Crippen LogP contribution in [0.4, 0.5) is 0 Å². The Bertz CT molecular complexity index is 1210. The van der Waals surface area contributed by atoms with Crippen LogP contribution in [0.1, 0.15) is 35.0 Å². The van der Waals surface area contributed by atoms with Gasteiger partial charge >= 0.3 is 5.63 Å². The smallest absolute Gasteiger partial charge is 0.336 e. The molecule has 0 aliphatic carbocycles. The number of aryl methyl sites for hydroxylation is 2. The maximum atomic E-state index is 12.0. The van der Waals surface area contributed by atoms with Gasteiger partial charge in [-0.05, 0) is 55.2 Å². The number of benzene rings is 2. The molecular weight excluding hydrogens is 382 g/mol. The van der Waals surface area contributed by atoms with E-state index < -0.39 is 0 Å².